The minimum Gasteiger partial charge on any atom is -0.399 e. The van der Waals surface area contributed by atoms with Gasteiger partial charge in [0.1, 0.15) is 5.82 Å². The van der Waals surface area contributed by atoms with Crippen molar-refractivity contribution in [2.75, 3.05) is 92.3 Å². The number of hydrogen-bond acceptors (Lipinski definition) is 20. The smallest absolute Gasteiger partial charge is 0.399 e. The van der Waals surface area contributed by atoms with Crippen LogP contribution in [0.15, 0.2) is 29.5 Å². The number of ether oxygens (including phenoxy) is 4. The molecule has 0 aromatic carbocycles. The van der Waals surface area contributed by atoms with E-state index in [0.29, 0.717) is 74.4 Å². The molecule has 9 aliphatic heterocycles. The summed E-state index contributed by atoms with van der Waals surface area (Å²) in [7, 11) is 2.70. The fourth-order valence-electron chi connectivity index (χ4n) is 12.0. The summed E-state index contributed by atoms with van der Waals surface area (Å²) < 4.78 is 89.0. The van der Waals surface area contributed by atoms with Gasteiger partial charge in [0.05, 0.1) is 119 Å². The maximum absolute atomic E-state index is 13.9. The molecule has 4 aromatic rings. The van der Waals surface area contributed by atoms with Crippen molar-refractivity contribution in [3.05, 3.63) is 40.9 Å². The monoisotopic (exact) mass is 1110 g/mol. The van der Waals surface area contributed by atoms with Gasteiger partial charge in [-0.15, -0.1) is 0 Å². The van der Waals surface area contributed by atoms with Crippen LogP contribution < -0.4 is 30.8 Å². The van der Waals surface area contributed by atoms with Crippen molar-refractivity contribution in [2.45, 2.75) is 151 Å². The predicted octanol–water partition coefficient (Wildman–Crippen LogP) is 5.99. The molecule has 9 fully saturated rings. The molecule has 9 saturated heterocycles. The van der Waals surface area contributed by atoms with Crippen LogP contribution in [0.2, 0.25) is 5.28 Å². The lowest BCUT2D eigenvalue weighted by Crippen LogP contribution is -2.48. The zero-order valence-electron chi connectivity index (χ0n) is 44.7. The average Bonchev–Trinajstić information content (AvgIpc) is 4.26. The third-order valence-corrected chi connectivity index (χ3v) is 16.8. The minimum absolute atomic E-state index is 0.0380. The molecule has 0 spiro atoms. The van der Waals surface area contributed by atoms with Crippen molar-refractivity contribution < 1.29 is 45.8 Å². The van der Waals surface area contributed by atoms with Gasteiger partial charge in [0.2, 0.25) is 29.1 Å². The van der Waals surface area contributed by atoms with Gasteiger partial charge in [-0.3, -0.25) is 0 Å². The summed E-state index contributed by atoms with van der Waals surface area (Å²) in [6.07, 6.45) is 7.31. The van der Waals surface area contributed by atoms with E-state index in [1.54, 1.807) is 19.0 Å². The van der Waals surface area contributed by atoms with E-state index in [1.807, 2.05) is 27.7 Å². The van der Waals surface area contributed by atoms with Crippen molar-refractivity contribution >= 4 is 65.9 Å². The van der Waals surface area contributed by atoms with Crippen LogP contribution in [-0.2, 0) is 28.3 Å². The Morgan fingerprint density at radius 2 is 0.974 bits per heavy atom. The Bertz CT molecular complexity index is 2660. The summed E-state index contributed by atoms with van der Waals surface area (Å²) in [5.74, 6) is 2.91. The van der Waals surface area contributed by atoms with Gasteiger partial charge >= 0.3 is 7.12 Å². The van der Waals surface area contributed by atoms with Gasteiger partial charge in [-0.1, -0.05) is 0 Å². The van der Waals surface area contributed by atoms with Gasteiger partial charge < -0.3 is 58.5 Å². The number of anilines is 5. The number of rotatable bonds is 10. The molecule has 0 radical (unpaired) electrons. The summed E-state index contributed by atoms with van der Waals surface area (Å²) in [5, 5.41) is 0.279. The number of nitrogens with zero attached hydrogens (tertiary/aromatic N) is 14. The van der Waals surface area contributed by atoms with Crippen LogP contribution in [-0.4, -0.2) is 185 Å². The van der Waals surface area contributed by atoms with Crippen LogP contribution in [0.5, 0.6) is 0 Å². The van der Waals surface area contributed by atoms with Crippen molar-refractivity contribution in [3.8, 4) is 11.4 Å². The van der Waals surface area contributed by atoms with Crippen LogP contribution in [0, 0.1) is 0 Å². The van der Waals surface area contributed by atoms with Crippen molar-refractivity contribution in [1.82, 2.24) is 44.8 Å². The Kier molecular flexibility index (Phi) is 15.6. The highest BCUT2D eigenvalue weighted by Gasteiger charge is 2.53. The Labute approximate surface area is 456 Å². The average molecular weight is 1110 g/mol. The first-order valence-corrected chi connectivity index (χ1v) is 27.3. The topological polar surface area (TPSA) is 213 Å². The van der Waals surface area contributed by atoms with Gasteiger partial charge in [-0.25, -0.2) is 32.5 Å². The van der Waals surface area contributed by atoms with Crippen LogP contribution in [0.1, 0.15) is 103 Å². The molecule has 8 unspecified atom stereocenters. The standard InChI is InChI=1S/C21H25F2N7O2.C15H22BF2N3O2.C15H20ClN5O2/c22-18(23)15-5-17(24)25-6-16(15)19-26-20(29-11-1-2-12(29)8-31-7-11)28-21(27-19)30-13-3-4-14(30)10-32-9-13;1-14(2)15(3,4)23-16(22-14)11-8-19-12(20-9-21(5)6)7-10(11)13(17)18;16-13-17-14(20-9-1-2-10(20)6-22-5-9)19-15(18-13)21-11-3-4-12(21)8-23-7-11/h5-6,11-14,18H,1-4,7-10H2,(H2,24,25);7-9,13H,1-6H3;9-12H,1-8H2. The van der Waals surface area contributed by atoms with Crippen LogP contribution in [0.4, 0.5) is 53.0 Å². The molecular weight excluding hydrogens is 1040 g/mol. The summed E-state index contributed by atoms with van der Waals surface area (Å²) in [4.78, 5) is 50.7. The zero-order valence-corrected chi connectivity index (χ0v) is 45.5. The van der Waals surface area contributed by atoms with Gasteiger partial charge in [-0.2, -0.15) is 29.9 Å². The fraction of sp³-hybridized carbons (Fsp3) is 0.667. The van der Waals surface area contributed by atoms with Crippen molar-refractivity contribution in [2.24, 2.45) is 4.99 Å². The Hall–Kier alpha value is -5.38. The number of aliphatic imine (C=N–C) groups is 1. The van der Waals surface area contributed by atoms with Crippen molar-refractivity contribution in [1.29, 1.82) is 0 Å². The Morgan fingerprint density at radius 3 is 1.35 bits per heavy atom. The van der Waals surface area contributed by atoms with E-state index in [1.165, 1.54) is 30.9 Å². The molecule has 78 heavy (non-hydrogen) atoms. The molecule has 21 nitrogen and oxygen atoms in total. The van der Waals surface area contributed by atoms with Gasteiger partial charge in [0.25, 0.3) is 12.9 Å². The van der Waals surface area contributed by atoms with Crippen LogP contribution in [0.3, 0.4) is 0 Å². The SMILES string of the molecule is CN(C)C=Nc1cc(C(F)F)c(B2OC(C)(C)C(C)(C)O2)cn1.Clc1nc(N2C3CCC2COC3)nc(N2C3CCC2COC3)n1.Nc1cc(C(F)F)c(-c2nc(N3C4CCC3COC4)nc(N3C4CCC3COC4)n2)cn1. The minimum atomic E-state index is -2.72. The number of aromatic nitrogens is 8. The number of halogens is 5. The first kappa shape index (κ1) is 54.6. The number of fused-ring (bicyclic) bond motifs is 8. The third-order valence-electron chi connectivity index (χ3n) is 16.6. The molecule has 9 aliphatic rings. The fourth-order valence-corrected chi connectivity index (χ4v) is 12.2. The van der Waals surface area contributed by atoms with E-state index in [-0.39, 0.29) is 69.1 Å². The van der Waals surface area contributed by atoms with E-state index >= 15 is 0 Å². The zero-order chi connectivity index (χ0) is 54.6. The summed E-state index contributed by atoms with van der Waals surface area (Å²) >= 11 is 6.24. The number of alkyl halides is 4. The maximum Gasteiger partial charge on any atom is 0.496 e. The van der Waals surface area contributed by atoms with Crippen LogP contribution in [0.25, 0.3) is 11.4 Å². The molecule has 0 amide bonds. The van der Waals surface area contributed by atoms with E-state index in [4.69, 9.17) is 55.6 Å². The summed E-state index contributed by atoms with van der Waals surface area (Å²) in [5.41, 5.74) is 4.50. The molecule has 27 heteroatoms. The normalized spacial score (nSPS) is 28.4. The van der Waals surface area contributed by atoms with Gasteiger partial charge in [0, 0.05) is 48.6 Å². The predicted molar refractivity (Wildman–Crippen MR) is 284 cm³/mol. The highest BCUT2D eigenvalue weighted by atomic mass is 35.5. The number of nitrogens with two attached hydrogens (primary N) is 1. The molecule has 8 atom stereocenters. The molecule has 2 N–H and O–H groups in total. The lowest BCUT2D eigenvalue weighted by atomic mass is 9.77. The van der Waals surface area contributed by atoms with E-state index in [0.717, 1.165) is 77.8 Å². The lowest BCUT2D eigenvalue weighted by molar-refractivity contribution is 0.00578. The third kappa shape index (κ3) is 11.0. The molecule has 0 aliphatic carbocycles. The largest absolute Gasteiger partial charge is 0.496 e. The molecule has 420 valence electrons. The number of pyridine rings is 2. The lowest BCUT2D eigenvalue weighted by Gasteiger charge is -2.37. The van der Waals surface area contributed by atoms with E-state index < -0.39 is 31.2 Å². The number of hydrogen-bond donors (Lipinski definition) is 1. The molecule has 13 rings (SSSR count). The van der Waals surface area contributed by atoms with E-state index in [9.17, 15) is 17.6 Å². The van der Waals surface area contributed by atoms with Crippen LogP contribution >= 0.6 is 11.6 Å². The second kappa shape index (κ2) is 22.3. The van der Waals surface area contributed by atoms with Gasteiger partial charge in [0.15, 0.2) is 11.6 Å². The summed E-state index contributed by atoms with van der Waals surface area (Å²) in [6, 6.07) is 4.63. The Balaban J connectivity index is 0.000000127. The molecule has 4 aromatic heterocycles. The number of nitrogen functional groups attached to an aromatic ring is 1. The van der Waals surface area contributed by atoms with E-state index in [2.05, 4.69) is 54.5 Å². The first-order chi connectivity index (χ1) is 37.4. The second-order valence-corrected chi connectivity index (χ2v) is 22.9. The van der Waals surface area contributed by atoms with Crippen molar-refractivity contribution in [3.63, 3.8) is 0 Å². The Morgan fingerprint density at radius 1 is 0.590 bits per heavy atom. The summed E-state index contributed by atoms with van der Waals surface area (Å²) in [6.45, 7) is 12.9. The van der Waals surface area contributed by atoms with Gasteiger partial charge in [-0.05, 0) is 103 Å². The second-order valence-electron chi connectivity index (χ2n) is 22.5. The molecule has 13 heterocycles. The first-order valence-electron chi connectivity index (χ1n) is 26.9. The maximum atomic E-state index is 13.9. The molecule has 8 bridgehead atoms. The molecular formula is C51H67BClF4N15O6. The highest BCUT2D eigenvalue weighted by Crippen LogP contribution is 2.41. The number of morpholine rings is 4. The molecule has 0 saturated carbocycles. The highest BCUT2D eigenvalue weighted by molar-refractivity contribution is 6.62. The quantitative estimate of drug-likeness (QED) is 0.0836.